The van der Waals surface area contributed by atoms with E-state index in [9.17, 15) is 5.26 Å². The number of halogens is 1. The van der Waals surface area contributed by atoms with Gasteiger partial charge in [0, 0.05) is 17.1 Å². The Bertz CT molecular complexity index is 451. The summed E-state index contributed by atoms with van der Waals surface area (Å²) in [7, 11) is 0. The molecule has 0 aromatic heterocycles. The summed E-state index contributed by atoms with van der Waals surface area (Å²) >= 11 is 3.46. The van der Waals surface area contributed by atoms with Crippen molar-refractivity contribution >= 4 is 21.6 Å². The molecule has 1 heterocycles. The number of nitrogens with two attached hydrogens (primary N) is 1. The minimum Gasteiger partial charge on any atom is -0.367 e. The van der Waals surface area contributed by atoms with Crippen LogP contribution in [0.5, 0.6) is 0 Å². The molecule has 1 aromatic rings. The highest BCUT2D eigenvalue weighted by molar-refractivity contribution is 9.10. The van der Waals surface area contributed by atoms with Gasteiger partial charge >= 0.3 is 0 Å². The summed E-state index contributed by atoms with van der Waals surface area (Å²) < 4.78 is 0.875. The first kappa shape index (κ1) is 13.4. The summed E-state index contributed by atoms with van der Waals surface area (Å²) in [5.74, 6) is 0. The van der Waals surface area contributed by atoms with Crippen LogP contribution >= 0.6 is 15.9 Å². The van der Waals surface area contributed by atoms with Crippen molar-refractivity contribution in [3.05, 3.63) is 28.2 Å². The van der Waals surface area contributed by atoms with Gasteiger partial charge in [0.25, 0.3) is 0 Å². The van der Waals surface area contributed by atoms with Gasteiger partial charge < -0.3 is 10.6 Å². The normalized spacial score (nSPS) is 19.6. The standard InChI is InChI=1S/C14H18BrN3/c15-13-5-3-6-14(12(13)10-17)18-9-2-1-4-11(18)7-8-16/h3,5-6,11H,1-2,4,7-9,16H2. The SMILES string of the molecule is N#Cc1c(Br)cccc1N1CCCCC1CCN. The maximum Gasteiger partial charge on any atom is 0.103 e. The highest BCUT2D eigenvalue weighted by Gasteiger charge is 2.24. The molecule has 1 aliphatic rings. The van der Waals surface area contributed by atoms with Crippen molar-refractivity contribution < 1.29 is 0 Å². The molecule has 4 heteroatoms. The molecule has 0 saturated carbocycles. The first-order valence-electron chi connectivity index (χ1n) is 6.43. The predicted octanol–water partition coefficient (Wildman–Crippen LogP) is 3.03. The molecule has 0 amide bonds. The first-order chi connectivity index (χ1) is 8.77. The molecule has 0 aliphatic carbocycles. The van der Waals surface area contributed by atoms with E-state index in [1.54, 1.807) is 0 Å². The highest BCUT2D eigenvalue weighted by atomic mass is 79.9. The van der Waals surface area contributed by atoms with Gasteiger partial charge in [0.15, 0.2) is 0 Å². The second kappa shape index (κ2) is 6.21. The number of benzene rings is 1. The average molecular weight is 308 g/mol. The molecule has 1 fully saturated rings. The Labute approximate surface area is 117 Å². The third-order valence-corrected chi connectivity index (χ3v) is 4.20. The van der Waals surface area contributed by atoms with Crippen LogP contribution < -0.4 is 10.6 Å². The van der Waals surface area contributed by atoms with E-state index in [1.165, 1.54) is 19.3 Å². The summed E-state index contributed by atoms with van der Waals surface area (Å²) in [5.41, 5.74) is 7.48. The van der Waals surface area contributed by atoms with Crippen molar-refractivity contribution in [1.29, 1.82) is 5.26 Å². The van der Waals surface area contributed by atoms with Gasteiger partial charge in [-0.15, -0.1) is 0 Å². The lowest BCUT2D eigenvalue weighted by molar-refractivity contribution is 0.441. The Hall–Kier alpha value is -1.05. The second-order valence-corrected chi connectivity index (χ2v) is 5.52. The topological polar surface area (TPSA) is 53.0 Å². The van der Waals surface area contributed by atoms with Crippen molar-refractivity contribution in [2.45, 2.75) is 31.7 Å². The lowest BCUT2D eigenvalue weighted by Gasteiger charge is -2.38. The Morgan fingerprint density at radius 3 is 3.00 bits per heavy atom. The number of piperidine rings is 1. The number of hydrogen-bond donors (Lipinski definition) is 1. The van der Waals surface area contributed by atoms with E-state index >= 15 is 0 Å². The third kappa shape index (κ3) is 2.68. The molecule has 1 aromatic carbocycles. The summed E-state index contributed by atoms with van der Waals surface area (Å²) in [6.07, 6.45) is 4.63. The first-order valence-corrected chi connectivity index (χ1v) is 7.22. The van der Waals surface area contributed by atoms with Gasteiger partial charge in [0.2, 0.25) is 0 Å². The molecule has 0 spiro atoms. The molecular weight excluding hydrogens is 290 g/mol. The van der Waals surface area contributed by atoms with E-state index in [0.29, 0.717) is 12.6 Å². The zero-order valence-electron chi connectivity index (χ0n) is 10.4. The largest absolute Gasteiger partial charge is 0.367 e. The summed E-state index contributed by atoms with van der Waals surface area (Å²) in [6.45, 7) is 1.73. The molecule has 2 N–H and O–H groups in total. The van der Waals surface area contributed by atoms with Gasteiger partial charge in [0.05, 0.1) is 11.3 Å². The number of rotatable bonds is 3. The number of nitriles is 1. The van der Waals surface area contributed by atoms with Gasteiger partial charge in [-0.1, -0.05) is 6.07 Å². The van der Waals surface area contributed by atoms with Crippen LogP contribution in [0, 0.1) is 11.3 Å². The molecule has 1 aliphatic heterocycles. The smallest absolute Gasteiger partial charge is 0.103 e. The number of nitrogens with zero attached hydrogens (tertiary/aromatic N) is 2. The van der Waals surface area contributed by atoms with Crippen LogP contribution in [-0.2, 0) is 0 Å². The second-order valence-electron chi connectivity index (χ2n) is 4.67. The molecule has 0 radical (unpaired) electrons. The van der Waals surface area contributed by atoms with Crippen molar-refractivity contribution in [3.8, 4) is 6.07 Å². The summed E-state index contributed by atoms with van der Waals surface area (Å²) in [6, 6.07) is 8.74. The Kier molecular flexibility index (Phi) is 4.62. The van der Waals surface area contributed by atoms with Crippen molar-refractivity contribution in [1.82, 2.24) is 0 Å². The highest BCUT2D eigenvalue weighted by Crippen LogP contribution is 2.32. The van der Waals surface area contributed by atoms with E-state index in [-0.39, 0.29) is 0 Å². The van der Waals surface area contributed by atoms with E-state index < -0.39 is 0 Å². The molecule has 1 atom stereocenters. The van der Waals surface area contributed by atoms with Crippen LogP contribution in [0.1, 0.15) is 31.2 Å². The van der Waals surface area contributed by atoms with Crippen LogP contribution in [-0.4, -0.2) is 19.1 Å². The lowest BCUT2D eigenvalue weighted by Crippen LogP contribution is -2.41. The Morgan fingerprint density at radius 1 is 1.44 bits per heavy atom. The Balaban J connectivity index is 2.34. The summed E-state index contributed by atoms with van der Waals surface area (Å²) in [5, 5.41) is 9.31. The lowest BCUT2D eigenvalue weighted by atomic mass is 9.97. The quantitative estimate of drug-likeness (QED) is 0.934. The van der Waals surface area contributed by atoms with E-state index in [1.807, 2.05) is 18.2 Å². The van der Waals surface area contributed by atoms with E-state index in [2.05, 4.69) is 26.9 Å². The van der Waals surface area contributed by atoms with Gasteiger partial charge in [-0.25, -0.2) is 0 Å². The Morgan fingerprint density at radius 2 is 2.28 bits per heavy atom. The number of hydrogen-bond acceptors (Lipinski definition) is 3. The van der Waals surface area contributed by atoms with Gasteiger partial charge in [0.1, 0.15) is 6.07 Å². The van der Waals surface area contributed by atoms with E-state index in [0.717, 1.165) is 28.7 Å². The fraction of sp³-hybridized carbons (Fsp3) is 0.500. The van der Waals surface area contributed by atoms with Gasteiger partial charge in [-0.2, -0.15) is 5.26 Å². The zero-order chi connectivity index (χ0) is 13.0. The fourth-order valence-corrected chi connectivity index (χ4v) is 3.12. The maximum absolute atomic E-state index is 9.31. The van der Waals surface area contributed by atoms with Crippen LogP contribution in [0.2, 0.25) is 0 Å². The average Bonchev–Trinajstić information content (AvgIpc) is 2.39. The van der Waals surface area contributed by atoms with E-state index in [4.69, 9.17) is 5.73 Å². The predicted molar refractivity (Wildman–Crippen MR) is 77.5 cm³/mol. The van der Waals surface area contributed by atoms with Crippen molar-refractivity contribution in [2.24, 2.45) is 5.73 Å². The molecule has 96 valence electrons. The molecule has 1 saturated heterocycles. The minimum atomic E-state index is 0.477. The van der Waals surface area contributed by atoms with Crippen LogP contribution in [0.15, 0.2) is 22.7 Å². The fourth-order valence-electron chi connectivity index (χ4n) is 2.67. The third-order valence-electron chi connectivity index (χ3n) is 3.54. The molecule has 3 nitrogen and oxygen atoms in total. The molecule has 18 heavy (non-hydrogen) atoms. The molecule has 1 unspecified atom stereocenters. The van der Waals surface area contributed by atoms with Crippen LogP contribution in [0.25, 0.3) is 0 Å². The monoisotopic (exact) mass is 307 g/mol. The van der Waals surface area contributed by atoms with Crippen LogP contribution in [0.3, 0.4) is 0 Å². The van der Waals surface area contributed by atoms with Gasteiger partial charge in [-0.3, -0.25) is 0 Å². The van der Waals surface area contributed by atoms with Crippen molar-refractivity contribution in [3.63, 3.8) is 0 Å². The van der Waals surface area contributed by atoms with Gasteiger partial charge in [-0.05, 0) is 60.3 Å². The minimum absolute atomic E-state index is 0.477. The van der Waals surface area contributed by atoms with Crippen LogP contribution in [0.4, 0.5) is 5.69 Å². The number of anilines is 1. The molecule has 2 rings (SSSR count). The molecule has 0 bridgehead atoms. The zero-order valence-corrected chi connectivity index (χ0v) is 12.0. The maximum atomic E-state index is 9.31. The summed E-state index contributed by atoms with van der Waals surface area (Å²) in [4.78, 5) is 2.36. The molecular formula is C14H18BrN3. The van der Waals surface area contributed by atoms with Crippen molar-refractivity contribution in [2.75, 3.05) is 18.0 Å².